The SMILES string of the molecule is CC(=O)N1c2ccc(-c3ccc(F)cc3)cc2N(C(=O)C2CCC(C3CCCCCC3)O2)C[C@@H]1C. The highest BCUT2D eigenvalue weighted by atomic mass is 19.1. The van der Waals surface area contributed by atoms with Crippen LogP contribution in [0.5, 0.6) is 0 Å². The van der Waals surface area contributed by atoms with Crippen LogP contribution in [0.3, 0.4) is 0 Å². The molecule has 5 rings (SSSR count). The number of ether oxygens (including phenoxy) is 1. The van der Waals surface area contributed by atoms with Crippen LogP contribution in [-0.2, 0) is 14.3 Å². The minimum absolute atomic E-state index is 0.0197. The van der Waals surface area contributed by atoms with Crippen molar-refractivity contribution < 1.29 is 18.7 Å². The molecule has 1 saturated heterocycles. The number of anilines is 2. The predicted octanol–water partition coefficient (Wildman–Crippen LogP) is 6.10. The number of fused-ring (bicyclic) bond motifs is 1. The molecule has 2 aromatic rings. The van der Waals surface area contributed by atoms with Crippen molar-refractivity contribution in [1.82, 2.24) is 0 Å². The summed E-state index contributed by atoms with van der Waals surface area (Å²) >= 11 is 0. The van der Waals surface area contributed by atoms with E-state index < -0.39 is 6.10 Å². The van der Waals surface area contributed by atoms with Gasteiger partial charge in [0.15, 0.2) is 0 Å². The van der Waals surface area contributed by atoms with Crippen molar-refractivity contribution in [3.63, 3.8) is 0 Å². The lowest BCUT2D eigenvalue weighted by Gasteiger charge is -2.41. The highest BCUT2D eigenvalue weighted by Gasteiger charge is 2.41. The summed E-state index contributed by atoms with van der Waals surface area (Å²) in [6.07, 6.45) is 8.92. The van der Waals surface area contributed by atoms with E-state index in [1.165, 1.54) is 50.7 Å². The van der Waals surface area contributed by atoms with Crippen molar-refractivity contribution >= 4 is 23.2 Å². The van der Waals surface area contributed by atoms with Crippen LogP contribution in [0.4, 0.5) is 15.8 Å². The third-order valence-electron chi connectivity index (χ3n) is 7.95. The fraction of sp³-hybridized carbons (Fsp3) is 0.517. The first-order chi connectivity index (χ1) is 16.9. The van der Waals surface area contributed by atoms with Crippen LogP contribution < -0.4 is 9.80 Å². The molecule has 0 spiro atoms. The normalized spacial score (nSPS) is 25.3. The van der Waals surface area contributed by atoms with Gasteiger partial charge in [-0.05, 0) is 73.9 Å². The molecule has 0 aromatic heterocycles. The molecule has 0 N–H and O–H groups in total. The molecule has 3 aliphatic rings. The Bertz CT molecular complexity index is 1080. The van der Waals surface area contributed by atoms with Gasteiger partial charge in [-0.25, -0.2) is 4.39 Å². The number of hydrogen-bond acceptors (Lipinski definition) is 3. The fourth-order valence-electron chi connectivity index (χ4n) is 6.18. The van der Waals surface area contributed by atoms with Gasteiger partial charge >= 0.3 is 0 Å². The van der Waals surface area contributed by atoms with Gasteiger partial charge in [0, 0.05) is 13.5 Å². The van der Waals surface area contributed by atoms with E-state index in [9.17, 15) is 14.0 Å². The molecule has 0 radical (unpaired) electrons. The van der Waals surface area contributed by atoms with Crippen LogP contribution in [0.25, 0.3) is 11.1 Å². The van der Waals surface area contributed by atoms with Gasteiger partial charge in [0.1, 0.15) is 11.9 Å². The van der Waals surface area contributed by atoms with Crippen molar-refractivity contribution in [3.05, 3.63) is 48.3 Å². The lowest BCUT2D eigenvalue weighted by atomic mass is 9.92. The first kappa shape index (κ1) is 24.0. The highest BCUT2D eigenvalue weighted by molar-refractivity contribution is 6.06. The molecule has 2 fully saturated rings. The van der Waals surface area contributed by atoms with Crippen LogP contribution in [0.1, 0.15) is 65.2 Å². The molecular formula is C29H35FN2O3. The number of benzene rings is 2. The summed E-state index contributed by atoms with van der Waals surface area (Å²) in [6, 6.07) is 12.0. The Morgan fingerprint density at radius 1 is 0.886 bits per heavy atom. The molecule has 0 bridgehead atoms. The summed E-state index contributed by atoms with van der Waals surface area (Å²) in [5, 5.41) is 0. The van der Waals surface area contributed by atoms with Crippen molar-refractivity contribution in [3.8, 4) is 11.1 Å². The third kappa shape index (κ3) is 4.86. The number of halogens is 1. The van der Waals surface area contributed by atoms with E-state index in [1.807, 2.05) is 30.0 Å². The molecule has 2 aromatic carbocycles. The number of hydrogen-bond donors (Lipinski definition) is 0. The lowest BCUT2D eigenvalue weighted by Crippen LogP contribution is -2.53. The second-order valence-electron chi connectivity index (χ2n) is 10.4. The van der Waals surface area contributed by atoms with E-state index in [0.29, 0.717) is 18.2 Å². The molecule has 186 valence electrons. The summed E-state index contributed by atoms with van der Waals surface area (Å²) < 4.78 is 19.9. The first-order valence-corrected chi connectivity index (χ1v) is 13.1. The van der Waals surface area contributed by atoms with Crippen molar-refractivity contribution in [2.45, 2.75) is 83.5 Å². The van der Waals surface area contributed by atoms with Gasteiger partial charge in [-0.15, -0.1) is 0 Å². The number of rotatable bonds is 3. The number of amides is 2. The fourth-order valence-corrected chi connectivity index (χ4v) is 6.18. The molecule has 35 heavy (non-hydrogen) atoms. The van der Waals surface area contributed by atoms with Gasteiger partial charge in [-0.3, -0.25) is 9.59 Å². The van der Waals surface area contributed by atoms with E-state index in [4.69, 9.17) is 4.74 Å². The van der Waals surface area contributed by atoms with Crippen molar-refractivity contribution in [1.29, 1.82) is 0 Å². The quantitative estimate of drug-likeness (QED) is 0.501. The topological polar surface area (TPSA) is 49.9 Å². The zero-order chi connectivity index (χ0) is 24.5. The second-order valence-corrected chi connectivity index (χ2v) is 10.4. The Kier molecular flexibility index (Phi) is 6.92. The monoisotopic (exact) mass is 478 g/mol. The maximum Gasteiger partial charge on any atom is 0.256 e. The largest absolute Gasteiger partial charge is 0.365 e. The Morgan fingerprint density at radius 2 is 1.57 bits per heavy atom. The highest BCUT2D eigenvalue weighted by Crippen LogP contribution is 2.41. The maximum absolute atomic E-state index is 13.8. The Morgan fingerprint density at radius 3 is 2.26 bits per heavy atom. The minimum Gasteiger partial charge on any atom is -0.365 e. The molecule has 1 saturated carbocycles. The zero-order valence-corrected chi connectivity index (χ0v) is 20.7. The maximum atomic E-state index is 13.8. The van der Waals surface area contributed by atoms with Crippen LogP contribution in [0.15, 0.2) is 42.5 Å². The van der Waals surface area contributed by atoms with Crippen LogP contribution in [0, 0.1) is 11.7 Å². The van der Waals surface area contributed by atoms with Gasteiger partial charge in [-0.1, -0.05) is 43.9 Å². The third-order valence-corrected chi connectivity index (χ3v) is 7.95. The van der Waals surface area contributed by atoms with E-state index in [1.54, 1.807) is 24.0 Å². The van der Waals surface area contributed by atoms with Crippen molar-refractivity contribution in [2.24, 2.45) is 5.92 Å². The molecule has 2 heterocycles. The predicted molar refractivity (Wildman–Crippen MR) is 136 cm³/mol. The van der Waals surface area contributed by atoms with E-state index in [0.717, 1.165) is 29.7 Å². The van der Waals surface area contributed by atoms with Crippen LogP contribution >= 0.6 is 0 Å². The Hall–Kier alpha value is -2.73. The average Bonchev–Trinajstić information content (AvgIpc) is 3.18. The number of carbonyl (C=O) groups excluding carboxylic acids is 2. The molecule has 1 aliphatic carbocycles. The first-order valence-electron chi connectivity index (χ1n) is 13.1. The molecule has 2 amide bonds. The lowest BCUT2D eigenvalue weighted by molar-refractivity contribution is -0.131. The second kappa shape index (κ2) is 10.1. The molecular weight excluding hydrogens is 443 g/mol. The molecule has 2 aliphatic heterocycles. The van der Waals surface area contributed by atoms with E-state index in [-0.39, 0.29) is 29.8 Å². The van der Waals surface area contributed by atoms with Gasteiger partial charge in [-0.2, -0.15) is 0 Å². The Balaban J connectivity index is 1.43. The van der Waals surface area contributed by atoms with Crippen LogP contribution in [0.2, 0.25) is 0 Å². The minimum atomic E-state index is -0.443. The van der Waals surface area contributed by atoms with E-state index >= 15 is 0 Å². The molecule has 5 nitrogen and oxygen atoms in total. The summed E-state index contributed by atoms with van der Waals surface area (Å²) in [6.45, 7) is 3.96. The van der Waals surface area contributed by atoms with Gasteiger partial charge in [0.2, 0.25) is 5.91 Å². The molecule has 6 heteroatoms. The molecule has 3 atom stereocenters. The van der Waals surface area contributed by atoms with Crippen molar-refractivity contribution in [2.75, 3.05) is 16.3 Å². The van der Waals surface area contributed by atoms with Crippen LogP contribution in [-0.4, -0.2) is 36.6 Å². The average molecular weight is 479 g/mol. The Labute approximate surface area is 207 Å². The van der Waals surface area contributed by atoms with Gasteiger partial charge < -0.3 is 14.5 Å². The summed E-state index contributed by atoms with van der Waals surface area (Å²) in [4.78, 5) is 29.9. The van der Waals surface area contributed by atoms with Gasteiger partial charge in [0.05, 0.1) is 23.5 Å². The number of nitrogens with zero attached hydrogens (tertiary/aromatic N) is 2. The van der Waals surface area contributed by atoms with E-state index in [2.05, 4.69) is 0 Å². The zero-order valence-electron chi connectivity index (χ0n) is 20.7. The smallest absolute Gasteiger partial charge is 0.256 e. The summed E-state index contributed by atoms with van der Waals surface area (Å²) in [5.74, 6) is 0.197. The summed E-state index contributed by atoms with van der Waals surface area (Å²) in [7, 11) is 0. The summed E-state index contributed by atoms with van der Waals surface area (Å²) in [5.41, 5.74) is 3.18. The van der Waals surface area contributed by atoms with Gasteiger partial charge in [0.25, 0.3) is 5.91 Å². The molecule has 2 unspecified atom stereocenters. The standard InChI is InChI=1S/C29H35FN2O3/c1-19-18-31(29(34)28-16-15-27(35-28)22-7-5-3-4-6-8-22)26-17-23(21-9-12-24(30)13-10-21)11-14-25(26)32(19)20(2)33/h9-14,17,19,22,27-28H,3-8,15-16,18H2,1-2H3/t19-,27?,28?/m0/s1. The number of carbonyl (C=O) groups is 2.